The quantitative estimate of drug-likeness (QED) is 0.251. The van der Waals surface area contributed by atoms with Crippen LogP contribution in [0.3, 0.4) is 0 Å². The van der Waals surface area contributed by atoms with Crippen LogP contribution in [-0.4, -0.2) is 80.6 Å². The van der Waals surface area contributed by atoms with E-state index < -0.39 is 23.4 Å². The van der Waals surface area contributed by atoms with Crippen LogP contribution < -0.4 is 10.1 Å². The summed E-state index contributed by atoms with van der Waals surface area (Å²) in [5.74, 6) is 0.923. The van der Waals surface area contributed by atoms with Crippen LogP contribution in [0.15, 0.2) is 48.8 Å². The highest BCUT2D eigenvalue weighted by Crippen LogP contribution is 2.46. The molecular weight excluding hydrogens is 599 g/mol. The number of nitrogens with zero attached hydrogens (tertiary/aromatic N) is 5. The zero-order valence-corrected chi connectivity index (χ0v) is 25.7. The van der Waals surface area contributed by atoms with Gasteiger partial charge in [-0.1, -0.05) is 13.0 Å². The Morgan fingerprint density at radius 3 is 2.65 bits per heavy atom. The molecule has 2 amide bonds. The number of hydrogen-bond donors (Lipinski definition) is 3. The first-order valence-electron chi connectivity index (χ1n) is 15.5. The number of pyridine rings is 2. The third-order valence-corrected chi connectivity index (χ3v) is 9.19. The molecule has 3 aliphatic rings. The first-order chi connectivity index (χ1) is 21.9. The zero-order chi connectivity index (χ0) is 32.2. The van der Waals surface area contributed by atoms with E-state index in [9.17, 15) is 23.1 Å². The monoisotopic (exact) mass is 635 g/mol. The first kappa shape index (κ1) is 30.5. The minimum atomic E-state index is -4.55. The van der Waals surface area contributed by atoms with Gasteiger partial charge in [-0.05, 0) is 61.3 Å². The number of nitrogens with one attached hydrogen (secondary N) is 2. The fourth-order valence-electron chi connectivity index (χ4n) is 6.33. The molecule has 13 heteroatoms. The average molecular weight is 636 g/mol. The number of ether oxygens (including phenoxy) is 1. The maximum atomic E-state index is 14.1. The fourth-order valence-corrected chi connectivity index (χ4v) is 6.33. The number of aliphatic hydroxyl groups is 1. The Morgan fingerprint density at radius 1 is 1.13 bits per heavy atom. The minimum absolute atomic E-state index is 0.0940. The van der Waals surface area contributed by atoms with E-state index in [1.54, 1.807) is 23.4 Å². The van der Waals surface area contributed by atoms with Crippen molar-refractivity contribution in [3.63, 3.8) is 0 Å². The van der Waals surface area contributed by atoms with Crippen LogP contribution in [0.25, 0.3) is 11.0 Å². The summed E-state index contributed by atoms with van der Waals surface area (Å²) in [6.45, 7) is 5.76. The van der Waals surface area contributed by atoms with E-state index in [0.717, 1.165) is 35.8 Å². The van der Waals surface area contributed by atoms with Crippen molar-refractivity contribution < 1.29 is 27.8 Å². The molecule has 2 fully saturated rings. The molecule has 5 heterocycles. The number of hydrogen-bond acceptors (Lipinski definition) is 7. The van der Waals surface area contributed by atoms with Crippen molar-refractivity contribution in [2.45, 2.75) is 50.6 Å². The lowest BCUT2D eigenvalue weighted by Crippen LogP contribution is -2.44. The molecule has 0 spiro atoms. The molecule has 1 aromatic carbocycles. The van der Waals surface area contributed by atoms with Gasteiger partial charge in [0.2, 0.25) is 0 Å². The van der Waals surface area contributed by atoms with E-state index in [0.29, 0.717) is 55.3 Å². The highest BCUT2D eigenvalue weighted by molar-refractivity contribution is 5.89. The topological polar surface area (TPSA) is 110 Å². The number of urea groups is 1. The van der Waals surface area contributed by atoms with Crippen molar-refractivity contribution >= 4 is 22.8 Å². The number of likely N-dealkylation sites (N-methyl/N-ethyl adjacent to an activating group) is 1. The summed E-state index contributed by atoms with van der Waals surface area (Å²) in [7, 11) is 2.00. The summed E-state index contributed by atoms with van der Waals surface area (Å²) < 4.78 is 48.5. The number of carbonyl (C=O) groups excluding carboxylic acids is 1. The molecule has 4 aromatic rings. The van der Waals surface area contributed by atoms with Crippen molar-refractivity contribution in [3.05, 3.63) is 76.9 Å². The van der Waals surface area contributed by atoms with Gasteiger partial charge in [-0.3, -0.25) is 9.88 Å². The summed E-state index contributed by atoms with van der Waals surface area (Å²) >= 11 is 0. The molecule has 46 heavy (non-hydrogen) atoms. The van der Waals surface area contributed by atoms with Crippen LogP contribution in [-0.2, 0) is 24.9 Å². The smallest absolute Gasteiger partial charge is 0.416 e. The Labute approximate surface area is 264 Å². The second-order valence-corrected chi connectivity index (χ2v) is 12.8. The Hall–Kier alpha value is -4.20. The van der Waals surface area contributed by atoms with Gasteiger partial charge in [0.25, 0.3) is 0 Å². The predicted molar refractivity (Wildman–Crippen MR) is 166 cm³/mol. The fraction of sp³-hybridized carbons (Fsp3) is 0.424. The van der Waals surface area contributed by atoms with Crippen molar-refractivity contribution in [2.24, 2.45) is 0 Å². The van der Waals surface area contributed by atoms with Gasteiger partial charge >= 0.3 is 12.2 Å². The number of H-pyrrole nitrogens is 1. The number of aromatic nitrogens is 3. The van der Waals surface area contributed by atoms with E-state index in [4.69, 9.17) is 4.74 Å². The molecule has 0 radical (unpaired) electrons. The van der Waals surface area contributed by atoms with Crippen LogP contribution in [0.1, 0.15) is 53.8 Å². The largest absolute Gasteiger partial charge is 0.455 e. The number of alkyl halides is 3. The number of aromatic amines is 1. The third-order valence-electron chi connectivity index (χ3n) is 9.19. The molecule has 1 aliphatic carbocycles. The Kier molecular flexibility index (Phi) is 7.65. The normalized spacial score (nSPS) is 20.0. The van der Waals surface area contributed by atoms with Crippen molar-refractivity contribution in [2.75, 3.05) is 45.1 Å². The highest BCUT2D eigenvalue weighted by Gasteiger charge is 2.43. The molecule has 0 bridgehead atoms. The second kappa shape index (κ2) is 11.6. The zero-order valence-electron chi connectivity index (χ0n) is 25.7. The van der Waals surface area contributed by atoms with Crippen LogP contribution in [0.4, 0.5) is 23.7 Å². The van der Waals surface area contributed by atoms with Gasteiger partial charge in [0.15, 0.2) is 0 Å². The van der Waals surface area contributed by atoms with Gasteiger partial charge in [-0.15, -0.1) is 0 Å². The average Bonchev–Trinajstić information content (AvgIpc) is 3.60. The number of amides is 2. The van der Waals surface area contributed by atoms with E-state index in [1.807, 2.05) is 31.0 Å². The Bertz CT molecular complexity index is 1780. The summed E-state index contributed by atoms with van der Waals surface area (Å²) in [4.78, 5) is 31.3. The molecule has 10 nitrogen and oxygen atoms in total. The lowest BCUT2D eigenvalue weighted by atomic mass is 9.96. The molecule has 242 valence electrons. The standard InChI is InChI=1S/C33H36F3N7O3/c1-20-17-43(31(44)39-23-4-3-21(26(14-23)33(34,35)36)18-42-11-9-41(2)10-12-42)19-22-13-24(16-38-29(20)22)46-27-5-8-37-30-25(27)15-28(40-30)32(45)6-7-32/h3-5,8,13-16,20,45H,6-7,9-12,17-19H2,1-2H3,(H,37,40)(H,39,44)/t20-/m1/s1. The number of benzene rings is 1. The molecular formula is C33H36F3N7O3. The number of carbonyl (C=O) groups is 1. The molecule has 0 unspecified atom stereocenters. The number of piperazine rings is 1. The van der Waals surface area contributed by atoms with Gasteiger partial charge in [0.05, 0.1) is 22.8 Å². The van der Waals surface area contributed by atoms with Crippen LogP contribution in [0, 0.1) is 0 Å². The predicted octanol–water partition coefficient (Wildman–Crippen LogP) is 5.65. The highest BCUT2D eigenvalue weighted by atomic mass is 19.4. The van der Waals surface area contributed by atoms with E-state index in [-0.39, 0.29) is 30.3 Å². The maximum absolute atomic E-state index is 14.1. The molecule has 3 N–H and O–H groups in total. The second-order valence-electron chi connectivity index (χ2n) is 12.8. The molecule has 3 aromatic heterocycles. The molecule has 2 aliphatic heterocycles. The lowest BCUT2D eigenvalue weighted by molar-refractivity contribution is -0.138. The van der Waals surface area contributed by atoms with Gasteiger partial charge in [-0.25, -0.2) is 9.78 Å². The van der Waals surface area contributed by atoms with Gasteiger partial charge in [-0.2, -0.15) is 13.2 Å². The molecule has 7 rings (SSSR count). The summed E-state index contributed by atoms with van der Waals surface area (Å²) in [6.07, 6.45) is 0.0974. The summed E-state index contributed by atoms with van der Waals surface area (Å²) in [5.41, 5.74) is 1.65. The summed E-state index contributed by atoms with van der Waals surface area (Å²) in [6, 6.07) is 8.98. The van der Waals surface area contributed by atoms with Crippen LogP contribution in [0.5, 0.6) is 11.5 Å². The van der Waals surface area contributed by atoms with Crippen LogP contribution >= 0.6 is 0 Å². The van der Waals surface area contributed by atoms with Crippen LogP contribution in [0.2, 0.25) is 0 Å². The number of anilines is 1. The Balaban J connectivity index is 1.06. The minimum Gasteiger partial charge on any atom is -0.455 e. The molecule has 1 atom stereocenters. The van der Waals surface area contributed by atoms with Gasteiger partial charge in [0.1, 0.15) is 22.7 Å². The molecule has 1 saturated carbocycles. The van der Waals surface area contributed by atoms with Crippen molar-refractivity contribution in [3.8, 4) is 11.5 Å². The third kappa shape index (κ3) is 6.14. The van der Waals surface area contributed by atoms with Gasteiger partial charge < -0.3 is 29.9 Å². The summed E-state index contributed by atoms with van der Waals surface area (Å²) in [5, 5.41) is 14.0. The lowest BCUT2D eigenvalue weighted by Gasteiger charge is -2.33. The van der Waals surface area contributed by atoms with Crippen molar-refractivity contribution in [1.82, 2.24) is 29.7 Å². The molecule has 1 saturated heterocycles. The number of fused-ring (bicyclic) bond motifs is 2. The Morgan fingerprint density at radius 2 is 1.91 bits per heavy atom. The number of rotatable bonds is 6. The van der Waals surface area contributed by atoms with E-state index >= 15 is 0 Å². The first-order valence-corrected chi connectivity index (χ1v) is 15.5. The van der Waals surface area contributed by atoms with E-state index in [2.05, 4.69) is 25.2 Å². The van der Waals surface area contributed by atoms with E-state index in [1.165, 1.54) is 12.1 Å². The number of halogens is 3. The maximum Gasteiger partial charge on any atom is 0.416 e. The van der Waals surface area contributed by atoms with Gasteiger partial charge in [0, 0.05) is 69.3 Å². The SMILES string of the molecule is C[C@@H]1CN(C(=O)Nc2ccc(CN3CCN(C)CC3)c(C(F)(F)F)c2)Cc2cc(Oc3ccnc4[nH]c(C5(O)CC5)cc34)cnc21. The van der Waals surface area contributed by atoms with Crippen molar-refractivity contribution in [1.29, 1.82) is 0 Å².